The molecule has 3 aromatic rings. The normalized spacial score (nSPS) is 10.2. The smallest absolute Gasteiger partial charge is 0.138 e. The minimum atomic E-state index is 0. The number of nitrogens with one attached hydrogen (secondary N) is 3. The van der Waals surface area contributed by atoms with Crippen molar-refractivity contribution in [1.29, 1.82) is 10.8 Å². The summed E-state index contributed by atoms with van der Waals surface area (Å²) in [6.45, 7) is 0. The molecule has 0 radical (unpaired) electrons. The van der Waals surface area contributed by atoms with E-state index in [0.29, 0.717) is 11.1 Å². The molecular weight excluding hydrogens is 300 g/mol. The molecule has 0 atom stereocenters. The number of imidazole rings is 1. The van der Waals surface area contributed by atoms with Gasteiger partial charge in [0, 0.05) is 16.7 Å². The second kappa shape index (κ2) is 5.87. The van der Waals surface area contributed by atoms with Crippen molar-refractivity contribution in [2.45, 2.75) is 0 Å². The highest BCUT2D eigenvalue weighted by atomic mass is 35.5. The van der Waals surface area contributed by atoms with Crippen LogP contribution in [0.4, 0.5) is 0 Å². The van der Waals surface area contributed by atoms with Gasteiger partial charge in [0.2, 0.25) is 0 Å². The van der Waals surface area contributed by atoms with Gasteiger partial charge in [-0.2, -0.15) is 0 Å². The van der Waals surface area contributed by atoms with Crippen molar-refractivity contribution in [3.8, 4) is 11.4 Å². The van der Waals surface area contributed by atoms with Crippen LogP contribution in [0.25, 0.3) is 22.4 Å². The number of fused-ring (bicyclic) bond motifs is 1. The van der Waals surface area contributed by atoms with Crippen LogP contribution in [0.5, 0.6) is 0 Å². The van der Waals surface area contributed by atoms with Gasteiger partial charge in [-0.1, -0.05) is 24.3 Å². The first-order valence-electron chi connectivity index (χ1n) is 6.33. The van der Waals surface area contributed by atoms with Crippen molar-refractivity contribution in [2.24, 2.45) is 11.5 Å². The lowest BCUT2D eigenvalue weighted by Crippen LogP contribution is -2.10. The van der Waals surface area contributed by atoms with Gasteiger partial charge in [-0.3, -0.25) is 10.8 Å². The number of hydrogen-bond acceptors (Lipinski definition) is 3. The molecule has 7 heteroatoms. The second-order valence-corrected chi connectivity index (χ2v) is 4.72. The molecule has 0 unspecified atom stereocenters. The van der Waals surface area contributed by atoms with Crippen LogP contribution in [0, 0.1) is 10.8 Å². The second-order valence-electron chi connectivity index (χ2n) is 4.72. The fourth-order valence-electron chi connectivity index (χ4n) is 2.12. The Morgan fingerprint density at radius 3 is 2.09 bits per heavy atom. The number of H-pyrrole nitrogens is 1. The summed E-state index contributed by atoms with van der Waals surface area (Å²) in [6.07, 6.45) is 0. The van der Waals surface area contributed by atoms with Gasteiger partial charge in [0.25, 0.3) is 0 Å². The Hall–Kier alpha value is -2.86. The van der Waals surface area contributed by atoms with E-state index in [1.165, 1.54) is 0 Å². The van der Waals surface area contributed by atoms with Crippen LogP contribution < -0.4 is 11.5 Å². The Labute approximate surface area is 133 Å². The van der Waals surface area contributed by atoms with Crippen LogP contribution in [0.15, 0.2) is 42.5 Å². The molecule has 3 rings (SSSR count). The molecule has 0 aliphatic carbocycles. The first kappa shape index (κ1) is 15.5. The van der Waals surface area contributed by atoms with Crippen molar-refractivity contribution in [2.75, 3.05) is 0 Å². The lowest BCUT2D eigenvalue weighted by atomic mass is 10.1. The summed E-state index contributed by atoms with van der Waals surface area (Å²) in [5.41, 5.74) is 14.8. The number of nitrogens with zero attached hydrogens (tertiary/aromatic N) is 1. The van der Waals surface area contributed by atoms with E-state index in [9.17, 15) is 0 Å². The molecular formula is C15H15ClN6. The molecule has 0 saturated carbocycles. The third kappa shape index (κ3) is 2.77. The highest BCUT2D eigenvalue weighted by Crippen LogP contribution is 2.21. The van der Waals surface area contributed by atoms with Crippen LogP contribution >= 0.6 is 12.4 Å². The Kier molecular flexibility index (Phi) is 4.14. The summed E-state index contributed by atoms with van der Waals surface area (Å²) >= 11 is 0. The topological polar surface area (TPSA) is 128 Å². The zero-order chi connectivity index (χ0) is 15.0. The zero-order valence-electron chi connectivity index (χ0n) is 11.6. The van der Waals surface area contributed by atoms with Gasteiger partial charge in [-0.05, 0) is 18.2 Å². The quantitative estimate of drug-likeness (QED) is 0.375. The molecule has 0 aliphatic rings. The van der Waals surface area contributed by atoms with E-state index in [-0.39, 0.29) is 24.1 Å². The van der Waals surface area contributed by atoms with Crippen molar-refractivity contribution in [3.63, 3.8) is 0 Å². The maximum atomic E-state index is 7.46. The molecule has 7 N–H and O–H groups in total. The molecule has 112 valence electrons. The van der Waals surface area contributed by atoms with E-state index in [4.69, 9.17) is 22.3 Å². The van der Waals surface area contributed by atoms with E-state index in [0.717, 1.165) is 22.4 Å². The van der Waals surface area contributed by atoms with Crippen molar-refractivity contribution < 1.29 is 0 Å². The number of benzene rings is 2. The van der Waals surface area contributed by atoms with Gasteiger partial charge in [0.1, 0.15) is 17.5 Å². The molecule has 0 spiro atoms. The molecule has 6 nitrogen and oxygen atoms in total. The summed E-state index contributed by atoms with van der Waals surface area (Å²) < 4.78 is 0. The predicted molar refractivity (Wildman–Crippen MR) is 90.8 cm³/mol. The SMILES string of the molecule is Cl.N=C(N)c1ccc(-c2nc3ccc(C(=N)N)cc3[nH]2)cc1. The molecule has 0 fully saturated rings. The van der Waals surface area contributed by atoms with Gasteiger partial charge >= 0.3 is 0 Å². The minimum Gasteiger partial charge on any atom is -0.384 e. The Morgan fingerprint density at radius 2 is 1.50 bits per heavy atom. The maximum Gasteiger partial charge on any atom is 0.138 e. The van der Waals surface area contributed by atoms with Gasteiger partial charge in [-0.25, -0.2) is 4.98 Å². The fourth-order valence-corrected chi connectivity index (χ4v) is 2.12. The molecule has 0 aliphatic heterocycles. The standard InChI is InChI=1S/C15H14N6.ClH/c16-13(17)8-1-3-9(4-2-8)15-20-11-6-5-10(14(18)19)7-12(11)21-15;/h1-7H,(H3,16,17)(H3,18,19)(H,20,21);1H. The summed E-state index contributed by atoms with van der Waals surface area (Å²) in [5.74, 6) is 0.789. The number of hydrogen-bond donors (Lipinski definition) is 5. The summed E-state index contributed by atoms with van der Waals surface area (Å²) in [7, 11) is 0. The molecule has 2 aromatic carbocycles. The number of nitrogens with two attached hydrogens (primary N) is 2. The molecule has 22 heavy (non-hydrogen) atoms. The Balaban J connectivity index is 0.00000176. The van der Waals surface area contributed by atoms with Gasteiger partial charge in [-0.15, -0.1) is 12.4 Å². The van der Waals surface area contributed by atoms with Crippen molar-refractivity contribution in [1.82, 2.24) is 9.97 Å². The molecule has 1 heterocycles. The number of aromatic nitrogens is 2. The number of halogens is 1. The Bertz CT molecular complexity index is 850. The van der Waals surface area contributed by atoms with E-state index in [1.54, 1.807) is 24.3 Å². The number of rotatable bonds is 3. The average Bonchev–Trinajstić information content (AvgIpc) is 2.90. The van der Waals surface area contributed by atoms with Crippen LogP contribution in [0.1, 0.15) is 11.1 Å². The third-order valence-corrected chi connectivity index (χ3v) is 3.26. The highest BCUT2D eigenvalue weighted by Gasteiger charge is 2.07. The van der Waals surface area contributed by atoms with E-state index >= 15 is 0 Å². The third-order valence-electron chi connectivity index (χ3n) is 3.26. The lowest BCUT2D eigenvalue weighted by molar-refractivity contribution is 1.33. The Morgan fingerprint density at radius 1 is 0.909 bits per heavy atom. The van der Waals surface area contributed by atoms with Gasteiger partial charge in [0.05, 0.1) is 11.0 Å². The number of aromatic amines is 1. The summed E-state index contributed by atoms with van der Waals surface area (Å²) in [6, 6.07) is 12.7. The predicted octanol–water partition coefficient (Wildman–Crippen LogP) is 2.22. The number of nitrogen functional groups attached to an aromatic ring is 2. The first-order valence-corrected chi connectivity index (χ1v) is 6.33. The van der Waals surface area contributed by atoms with Gasteiger partial charge < -0.3 is 16.5 Å². The van der Waals surface area contributed by atoms with Crippen molar-refractivity contribution >= 4 is 35.1 Å². The van der Waals surface area contributed by atoms with Crippen molar-refractivity contribution in [3.05, 3.63) is 53.6 Å². The first-order chi connectivity index (χ1) is 10.0. The van der Waals surface area contributed by atoms with Gasteiger partial charge in [0.15, 0.2) is 0 Å². The summed E-state index contributed by atoms with van der Waals surface area (Å²) in [5, 5.41) is 14.8. The number of amidine groups is 2. The highest BCUT2D eigenvalue weighted by molar-refractivity contribution is 5.98. The lowest BCUT2D eigenvalue weighted by Gasteiger charge is -1.99. The van der Waals surface area contributed by atoms with Crippen LogP contribution in [0.3, 0.4) is 0 Å². The molecule has 0 amide bonds. The van der Waals surface area contributed by atoms with Crippen LogP contribution in [-0.2, 0) is 0 Å². The monoisotopic (exact) mass is 314 g/mol. The zero-order valence-corrected chi connectivity index (χ0v) is 12.4. The molecule has 1 aromatic heterocycles. The van der Waals surface area contributed by atoms with Crippen LogP contribution in [0.2, 0.25) is 0 Å². The summed E-state index contributed by atoms with van der Waals surface area (Å²) in [4.78, 5) is 7.71. The van der Waals surface area contributed by atoms with E-state index < -0.39 is 0 Å². The maximum absolute atomic E-state index is 7.46. The largest absolute Gasteiger partial charge is 0.384 e. The van der Waals surface area contributed by atoms with Crippen LogP contribution in [-0.4, -0.2) is 21.6 Å². The molecule has 0 saturated heterocycles. The fraction of sp³-hybridized carbons (Fsp3) is 0. The van der Waals surface area contributed by atoms with E-state index in [2.05, 4.69) is 9.97 Å². The average molecular weight is 315 g/mol. The van der Waals surface area contributed by atoms with E-state index in [1.807, 2.05) is 18.2 Å². The molecule has 0 bridgehead atoms. The minimum absolute atomic E-state index is 0.